The first kappa shape index (κ1) is 18.1. The van der Waals surface area contributed by atoms with Crippen LogP contribution in [0.2, 0.25) is 0 Å². The van der Waals surface area contributed by atoms with Gasteiger partial charge in [0.05, 0.1) is 34.5 Å². The van der Waals surface area contributed by atoms with E-state index in [4.69, 9.17) is 18.9 Å². The number of benzene rings is 2. The van der Waals surface area contributed by atoms with Crippen LogP contribution in [-0.2, 0) is 6.42 Å². The van der Waals surface area contributed by atoms with Crippen molar-refractivity contribution in [3.05, 3.63) is 53.1 Å². The van der Waals surface area contributed by atoms with E-state index in [2.05, 4.69) is 0 Å². The molecule has 3 rings (SSSR count). The Morgan fingerprint density at radius 1 is 0.885 bits per heavy atom. The lowest BCUT2D eigenvalue weighted by molar-refractivity contribution is 0.214. The molecule has 0 aromatic heterocycles. The van der Waals surface area contributed by atoms with Crippen molar-refractivity contribution in [3.63, 3.8) is 0 Å². The SMILES string of the molecule is COc1ccc(C2=CC(O)CCc3cc(OC)c(OC)c(OC)c32)cc1. The van der Waals surface area contributed by atoms with Gasteiger partial charge in [-0.15, -0.1) is 0 Å². The number of fused-ring (bicyclic) bond motifs is 1. The molecule has 1 aliphatic rings. The number of aliphatic hydroxyl groups is 1. The van der Waals surface area contributed by atoms with Crippen molar-refractivity contribution >= 4 is 5.57 Å². The second-order valence-corrected chi connectivity index (χ2v) is 6.09. The van der Waals surface area contributed by atoms with Gasteiger partial charge in [0.15, 0.2) is 11.5 Å². The summed E-state index contributed by atoms with van der Waals surface area (Å²) < 4.78 is 22.0. The van der Waals surface area contributed by atoms with Gasteiger partial charge < -0.3 is 24.1 Å². The Balaban J connectivity index is 2.26. The lowest BCUT2D eigenvalue weighted by Crippen LogP contribution is -2.03. The molecule has 5 nitrogen and oxygen atoms in total. The van der Waals surface area contributed by atoms with Gasteiger partial charge >= 0.3 is 0 Å². The van der Waals surface area contributed by atoms with Gasteiger partial charge in [0, 0.05) is 5.56 Å². The van der Waals surface area contributed by atoms with Gasteiger partial charge in [0.1, 0.15) is 5.75 Å². The van der Waals surface area contributed by atoms with Crippen LogP contribution in [0.25, 0.3) is 5.57 Å². The quantitative estimate of drug-likeness (QED) is 0.889. The molecule has 1 unspecified atom stereocenters. The summed E-state index contributed by atoms with van der Waals surface area (Å²) in [7, 11) is 6.45. The van der Waals surface area contributed by atoms with E-state index in [1.807, 2.05) is 36.4 Å². The fourth-order valence-corrected chi connectivity index (χ4v) is 3.37. The van der Waals surface area contributed by atoms with Crippen LogP contribution in [0.3, 0.4) is 0 Å². The topological polar surface area (TPSA) is 57.2 Å². The highest BCUT2D eigenvalue weighted by atomic mass is 16.5. The van der Waals surface area contributed by atoms with Gasteiger partial charge in [-0.05, 0) is 53.8 Å². The maximum absolute atomic E-state index is 10.4. The van der Waals surface area contributed by atoms with Crippen molar-refractivity contribution in [3.8, 4) is 23.0 Å². The van der Waals surface area contributed by atoms with Crippen molar-refractivity contribution in [2.24, 2.45) is 0 Å². The Kier molecular flexibility index (Phi) is 5.38. The summed E-state index contributed by atoms with van der Waals surface area (Å²) >= 11 is 0. The number of hydrogen-bond acceptors (Lipinski definition) is 5. The average Bonchev–Trinajstić information content (AvgIpc) is 2.85. The third-order valence-corrected chi connectivity index (χ3v) is 4.65. The summed E-state index contributed by atoms with van der Waals surface area (Å²) in [6.07, 6.45) is 2.68. The summed E-state index contributed by atoms with van der Waals surface area (Å²) in [6, 6.07) is 9.72. The summed E-state index contributed by atoms with van der Waals surface area (Å²) in [5, 5.41) is 10.4. The number of aryl methyl sites for hydroxylation is 1. The van der Waals surface area contributed by atoms with Crippen LogP contribution in [0.4, 0.5) is 0 Å². The van der Waals surface area contributed by atoms with Crippen LogP contribution in [0.15, 0.2) is 36.4 Å². The molecule has 2 aromatic rings. The van der Waals surface area contributed by atoms with E-state index >= 15 is 0 Å². The van der Waals surface area contributed by atoms with Crippen molar-refractivity contribution in [2.45, 2.75) is 18.9 Å². The van der Waals surface area contributed by atoms with E-state index in [-0.39, 0.29) is 0 Å². The molecule has 0 spiro atoms. The van der Waals surface area contributed by atoms with Crippen LogP contribution in [0.1, 0.15) is 23.1 Å². The first-order chi connectivity index (χ1) is 12.6. The first-order valence-electron chi connectivity index (χ1n) is 8.49. The lowest BCUT2D eigenvalue weighted by atomic mass is 9.92. The Morgan fingerprint density at radius 3 is 2.15 bits per heavy atom. The standard InChI is InChI=1S/C21H24O5/c1-23-16-9-6-13(7-10-16)17-12-15(22)8-5-14-11-18(24-2)20(25-3)21(26-4)19(14)17/h6-7,9-12,15,22H,5,8H2,1-4H3. The van der Waals surface area contributed by atoms with Crippen molar-refractivity contribution in [1.82, 2.24) is 0 Å². The molecule has 1 N–H and O–H groups in total. The van der Waals surface area contributed by atoms with Crippen LogP contribution < -0.4 is 18.9 Å². The zero-order chi connectivity index (χ0) is 18.7. The van der Waals surface area contributed by atoms with Gasteiger partial charge in [-0.2, -0.15) is 0 Å². The van der Waals surface area contributed by atoms with Crippen LogP contribution >= 0.6 is 0 Å². The summed E-state index contributed by atoms with van der Waals surface area (Å²) in [4.78, 5) is 0. The second kappa shape index (κ2) is 7.70. The van der Waals surface area contributed by atoms with Gasteiger partial charge in [0.2, 0.25) is 5.75 Å². The molecule has 0 saturated carbocycles. The summed E-state index contributed by atoms with van der Waals surface area (Å²) in [5.41, 5.74) is 3.86. The average molecular weight is 356 g/mol. The molecule has 26 heavy (non-hydrogen) atoms. The molecule has 0 heterocycles. The monoisotopic (exact) mass is 356 g/mol. The molecular formula is C21H24O5. The van der Waals surface area contributed by atoms with Crippen molar-refractivity contribution in [2.75, 3.05) is 28.4 Å². The predicted octanol–water partition coefficient (Wildman–Crippen LogP) is 3.46. The Bertz CT molecular complexity index is 808. The van der Waals surface area contributed by atoms with Crippen LogP contribution in [0, 0.1) is 0 Å². The zero-order valence-corrected chi connectivity index (χ0v) is 15.5. The smallest absolute Gasteiger partial charge is 0.203 e. The second-order valence-electron chi connectivity index (χ2n) is 6.09. The highest BCUT2D eigenvalue weighted by Crippen LogP contribution is 2.47. The van der Waals surface area contributed by atoms with Crippen molar-refractivity contribution in [1.29, 1.82) is 0 Å². The Labute approximate surface area is 153 Å². The molecule has 1 atom stereocenters. The van der Waals surface area contributed by atoms with Crippen molar-refractivity contribution < 1.29 is 24.1 Å². The molecule has 2 aromatic carbocycles. The summed E-state index contributed by atoms with van der Waals surface area (Å²) in [5.74, 6) is 2.55. The molecule has 138 valence electrons. The highest BCUT2D eigenvalue weighted by molar-refractivity contribution is 5.87. The molecule has 0 fully saturated rings. The van der Waals surface area contributed by atoms with E-state index in [0.717, 1.165) is 28.0 Å². The zero-order valence-electron chi connectivity index (χ0n) is 15.5. The summed E-state index contributed by atoms with van der Waals surface area (Å²) in [6.45, 7) is 0. The first-order valence-corrected chi connectivity index (χ1v) is 8.49. The molecule has 1 aliphatic carbocycles. The fourth-order valence-electron chi connectivity index (χ4n) is 3.37. The molecule has 0 saturated heterocycles. The number of methoxy groups -OCH3 is 4. The van der Waals surface area contributed by atoms with Crippen LogP contribution in [-0.4, -0.2) is 39.6 Å². The largest absolute Gasteiger partial charge is 0.497 e. The maximum atomic E-state index is 10.4. The van der Waals surface area contributed by atoms with Gasteiger partial charge in [-0.25, -0.2) is 0 Å². The number of aliphatic hydroxyl groups excluding tert-OH is 1. The van der Waals surface area contributed by atoms with Gasteiger partial charge in [0.25, 0.3) is 0 Å². The molecule has 0 aliphatic heterocycles. The van der Waals surface area contributed by atoms with Gasteiger partial charge in [-0.1, -0.05) is 12.1 Å². The van der Waals surface area contributed by atoms with E-state index in [0.29, 0.717) is 30.1 Å². The number of rotatable bonds is 5. The highest BCUT2D eigenvalue weighted by Gasteiger charge is 2.26. The number of ether oxygens (including phenoxy) is 4. The third-order valence-electron chi connectivity index (χ3n) is 4.65. The minimum absolute atomic E-state index is 0.541. The maximum Gasteiger partial charge on any atom is 0.203 e. The fraction of sp³-hybridized carbons (Fsp3) is 0.333. The van der Waals surface area contributed by atoms with Gasteiger partial charge in [-0.3, -0.25) is 0 Å². The lowest BCUT2D eigenvalue weighted by Gasteiger charge is -2.20. The Morgan fingerprint density at radius 2 is 1.58 bits per heavy atom. The number of hydrogen-bond donors (Lipinski definition) is 1. The van der Waals surface area contributed by atoms with Crippen LogP contribution in [0.5, 0.6) is 23.0 Å². The van der Waals surface area contributed by atoms with E-state index in [9.17, 15) is 5.11 Å². The predicted molar refractivity (Wildman–Crippen MR) is 100 cm³/mol. The normalized spacial score (nSPS) is 16.2. The Hall–Kier alpha value is -2.66. The molecule has 0 bridgehead atoms. The molecular weight excluding hydrogens is 332 g/mol. The third kappa shape index (κ3) is 3.22. The van der Waals surface area contributed by atoms with E-state index in [1.165, 1.54) is 0 Å². The minimum Gasteiger partial charge on any atom is -0.497 e. The molecule has 5 heteroatoms. The van der Waals surface area contributed by atoms with E-state index in [1.54, 1.807) is 28.4 Å². The van der Waals surface area contributed by atoms with E-state index < -0.39 is 6.10 Å². The molecule has 0 radical (unpaired) electrons. The molecule has 0 amide bonds. The minimum atomic E-state index is -0.541.